The quantitative estimate of drug-likeness (QED) is 0.738. The number of rotatable bonds is 7. The summed E-state index contributed by atoms with van der Waals surface area (Å²) in [6.07, 6.45) is 0.611. The predicted octanol–water partition coefficient (Wildman–Crippen LogP) is 0.269. The second-order valence-corrected chi connectivity index (χ2v) is 6.77. The van der Waals surface area contributed by atoms with Crippen LogP contribution in [0.25, 0.3) is 0 Å². The molecule has 0 saturated carbocycles. The van der Waals surface area contributed by atoms with Gasteiger partial charge in [0, 0.05) is 25.6 Å². The lowest BCUT2D eigenvalue weighted by molar-refractivity contribution is -0.143. The Hall–Kier alpha value is -2.00. The Morgan fingerprint density at radius 3 is 2.43 bits per heavy atom. The monoisotopic (exact) mass is 346 g/mol. The van der Waals surface area contributed by atoms with Crippen molar-refractivity contribution >= 4 is 21.8 Å². The number of carbonyl (C=O) groups is 2. The Labute approximate surface area is 134 Å². The summed E-state index contributed by atoms with van der Waals surface area (Å²) in [5.41, 5.74) is -1.51. The molecule has 0 spiro atoms. The van der Waals surface area contributed by atoms with Gasteiger partial charge in [0.25, 0.3) is 5.91 Å². The van der Waals surface area contributed by atoms with Crippen LogP contribution in [0.4, 0.5) is 4.39 Å². The number of hydrogen-bond donors (Lipinski definition) is 2. The number of hydrogen-bond acceptors (Lipinski definition) is 5. The first kappa shape index (κ1) is 19.0. The summed E-state index contributed by atoms with van der Waals surface area (Å²) in [7, 11) is -2.38. The smallest absolute Gasteiger partial charge is 0.256 e. The molecule has 0 aliphatic heterocycles. The lowest BCUT2D eigenvalue weighted by Crippen LogP contribution is -2.45. The predicted molar refractivity (Wildman–Crippen MR) is 81.4 cm³/mol. The van der Waals surface area contributed by atoms with Gasteiger partial charge in [-0.3, -0.25) is 14.3 Å². The fourth-order valence-electron chi connectivity index (χ4n) is 1.89. The van der Waals surface area contributed by atoms with Gasteiger partial charge in [-0.25, -0.2) is 12.8 Å². The van der Waals surface area contributed by atoms with Crippen LogP contribution < -0.4 is 10.0 Å². The minimum Gasteiger partial charge on any atom is -0.364 e. The van der Waals surface area contributed by atoms with Crippen LogP contribution in [-0.2, 0) is 30.0 Å². The molecule has 0 saturated heterocycles. The molecule has 23 heavy (non-hydrogen) atoms. The standard InChI is InChI=1S/C14H19FN2O5S/c1-14(22-2,10-6-4-5-7-11(10)15)13(19)16-9-8-12(18)17-23(3,20)21/h4-7H,8-9H2,1-3H3,(H,16,19)(H,17,18). The number of sulfonamides is 1. The normalized spacial score (nSPS) is 13.9. The van der Waals surface area contributed by atoms with E-state index in [2.05, 4.69) is 5.32 Å². The van der Waals surface area contributed by atoms with Gasteiger partial charge >= 0.3 is 0 Å². The average molecular weight is 346 g/mol. The summed E-state index contributed by atoms with van der Waals surface area (Å²) in [6, 6.07) is 5.69. The van der Waals surface area contributed by atoms with Crippen LogP contribution in [0, 0.1) is 5.82 Å². The molecular weight excluding hydrogens is 327 g/mol. The van der Waals surface area contributed by atoms with Crippen molar-refractivity contribution in [2.24, 2.45) is 0 Å². The molecule has 1 unspecified atom stereocenters. The summed E-state index contributed by atoms with van der Waals surface area (Å²) in [5, 5.41) is 2.43. The van der Waals surface area contributed by atoms with Crippen molar-refractivity contribution in [2.75, 3.05) is 19.9 Å². The molecule has 2 amide bonds. The Morgan fingerprint density at radius 1 is 1.30 bits per heavy atom. The van der Waals surface area contributed by atoms with Gasteiger partial charge in [0.1, 0.15) is 5.82 Å². The Balaban J connectivity index is 2.72. The van der Waals surface area contributed by atoms with E-state index in [1.165, 1.54) is 32.2 Å². The molecule has 0 aliphatic carbocycles. The van der Waals surface area contributed by atoms with Crippen molar-refractivity contribution in [3.05, 3.63) is 35.6 Å². The summed E-state index contributed by atoms with van der Waals surface area (Å²) < 4.78 is 42.6. The number of methoxy groups -OCH3 is 1. The summed E-state index contributed by atoms with van der Waals surface area (Å²) in [4.78, 5) is 23.6. The van der Waals surface area contributed by atoms with Crippen molar-refractivity contribution in [1.82, 2.24) is 10.0 Å². The fourth-order valence-corrected chi connectivity index (χ4v) is 2.40. The topological polar surface area (TPSA) is 102 Å². The molecule has 9 heteroatoms. The largest absolute Gasteiger partial charge is 0.364 e. The van der Waals surface area contributed by atoms with E-state index in [0.717, 1.165) is 6.26 Å². The summed E-state index contributed by atoms with van der Waals surface area (Å²) in [6.45, 7) is 1.28. The molecule has 7 nitrogen and oxygen atoms in total. The maximum Gasteiger partial charge on any atom is 0.256 e. The van der Waals surface area contributed by atoms with E-state index in [1.54, 1.807) is 10.8 Å². The van der Waals surface area contributed by atoms with Crippen molar-refractivity contribution in [3.8, 4) is 0 Å². The third-order valence-electron chi connectivity index (χ3n) is 3.17. The highest BCUT2D eigenvalue weighted by Gasteiger charge is 2.37. The third kappa shape index (κ3) is 5.29. The van der Waals surface area contributed by atoms with Gasteiger partial charge in [-0.05, 0) is 13.0 Å². The van der Waals surface area contributed by atoms with Gasteiger partial charge in [0.15, 0.2) is 5.60 Å². The minimum absolute atomic E-state index is 0.0561. The van der Waals surface area contributed by atoms with E-state index in [1.807, 2.05) is 0 Å². The van der Waals surface area contributed by atoms with Gasteiger partial charge in [-0.1, -0.05) is 18.2 Å². The zero-order valence-electron chi connectivity index (χ0n) is 13.1. The van der Waals surface area contributed by atoms with E-state index < -0.39 is 33.3 Å². The van der Waals surface area contributed by atoms with Crippen LogP contribution in [-0.4, -0.2) is 40.1 Å². The summed E-state index contributed by atoms with van der Waals surface area (Å²) in [5.74, 6) is -1.99. The highest BCUT2D eigenvalue weighted by atomic mass is 32.2. The van der Waals surface area contributed by atoms with Crippen molar-refractivity contribution < 1.29 is 27.1 Å². The Morgan fingerprint density at radius 2 is 1.91 bits per heavy atom. The maximum absolute atomic E-state index is 13.9. The lowest BCUT2D eigenvalue weighted by atomic mass is 9.94. The molecule has 0 heterocycles. The van der Waals surface area contributed by atoms with E-state index in [0.29, 0.717) is 0 Å². The second kappa shape index (κ2) is 7.51. The Kier molecular flexibility index (Phi) is 6.22. The minimum atomic E-state index is -3.64. The van der Waals surface area contributed by atoms with Gasteiger partial charge < -0.3 is 10.1 Å². The maximum atomic E-state index is 13.9. The number of ether oxygens (including phenoxy) is 1. The summed E-state index contributed by atoms with van der Waals surface area (Å²) >= 11 is 0. The molecule has 2 N–H and O–H groups in total. The molecule has 0 aliphatic rings. The highest BCUT2D eigenvalue weighted by Crippen LogP contribution is 2.27. The first-order valence-electron chi connectivity index (χ1n) is 6.69. The van der Waals surface area contributed by atoms with Crippen LogP contribution >= 0.6 is 0 Å². The van der Waals surface area contributed by atoms with E-state index in [4.69, 9.17) is 4.74 Å². The molecule has 0 aromatic heterocycles. The number of halogens is 1. The van der Waals surface area contributed by atoms with Crippen molar-refractivity contribution in [2.45, 2.75) is 18.9 Å². The van der Waals surface area contributed by atoms with E-state index in [9.17, 15) is 22.4 Å². The van der Waals surface area contributed by atoms with Crippen molar-refractivity contribution in [3.63, 3.8) is 0 Å². The fraction of sp³-hybridized carbons (Fsp3) is 0.429. The van der Waals surface area contributed by atoms with Gasteiger partial charge in [0.2, 0.25) is 15.9 Å². The van der Waals surface area contributed by atoms with Crippen LogP contribution in [0.5, 0.6) is 0 Å². The average Bonchev–Trinajstić information content (AvgIpc) is 2.44. The number of nitrogens with one attached hydrogen (secondary N) is 2. The molecule has 1 aromatic carbocycles. The molecule has 1 aromatic rings. The molecular formula is C14H19FN2O5S. The molecule has 0 fully saturated rings. The van der Waals surface area contributed by atoms with Gasteiger partial charge in [-0.2, -0.15) is 0 Å². The zero-order chi connectivity index (χ0) is 17.7. The molecule has 1 rings (SSSR count). The van der Waals surface area contributed by atoms with Gasteiger partial charge in [-0.15, -0.1) is 0 Å². The van der Waals surface area contributed by atoms with Crippen LogP contribution in [0.1, 0.15) is 18.9 Å². The van der Waals surface area contributed by atoms with E-state index >= 15 is 0 Å². The molecule has 0 radical (unpaired) electrons. The van der Waals surface area contributed by atoms with Gasteiger partial charge in [0.05, 0.1) is 6.26 Å². The second-order valence-electron chi connectivity index (χ2n) is 5.02. The molecule has 128 valence electrons. The first-order chi connectivity index (χ1) is 10.6. The van der Waals surface area contributed by atoms with Crippen LogP contribution in [0.3, 0.4) is 0 Å². The number of amides is 2. The van der Waals surface area contributed by atoms with Crippen molar-refractivity contribution in [1.29, 1.82) is 0 Å². The van der Waals surface area contributed by atoms with Crippen LogP contribution in [0.2, 0.25) is 0 Å². The zero-order valence-corrected chi connectivity index (χ0v) is 13.9. The third-order valence-corrected chi connectivity index (χ3v) is 3.76. The van der Waals surface area contributed by atoms with Crippen LogP contribution in [0.15, 0.2) is 24.3 Å². The number of carbonyl (C=O) groups excluding carboxylic acids is 2. The number of benzene rings is 1. The first-order valence-corrected chi connectivity index (χ1v) is 8.58. The molecule has 1 atom stereocenters. The SMILES string of the molecule is COC(C)(C(=O)NCCC(=O)NS(C)(=O)=O)c1ccccc1F. The lowest BCUT2D eigenvalue weighted by Gasteiger charge is -2.27. The molecule has 0 bridgehead atoms. The van der Waals surface area contributed by atoms with E-state index in [-0.39, 0.29) is 18.5 Å². The highest BCUT2D eigenvalue weighted by molar-refractivity contribution is 7.89. The Bertz CT molecular complexity index is 692.